The minimum Gasteiger partial charge on any atom is -0.484 e. The van der Waals surface area contributed by atoms with Crippen LogP contribution in [0, 0.1) is 0 Å². The predicted octanol–water partition coefficient (Wildman–Crippen LogP) is 0.158. The third kappa shape index (κ3) is 8.05. The molecule has 10 nitrogen and oxygen atoms in total. The van der Waals surface area contributed by atoms with E-state index in [1.807, 2.05) is 11.8 Å². The van der Waals surface area contributed by atoms with E-state index in [1.165, 1.54) is 6.92 Å². The Kier molecular flexibility index (Phi) is 9.15. The van der Waals surface area contributed by atoms with Crippen molar-refractivity contribution in [3.8, 4) is 5.75 Å². The summed E-state index contributed by atoms with van der Waals surface area (Å²) in [6.45, 7) is 6.89. The van der Waals surface area contributed by atoms with Crippen molar-refractivity contribution in [1.29, 1.82) is 0 Å². The number of carbonyl (C=O) groups excluding carboxylic acids is 1. The van der Waals surface area contributed by atoms with Crippen molar-refractivity contribution < 1.29 is 29.3 Å². The smallest absolute Gasteiger partial charge is 0.317 e. The van der Waals surface area contributed by atoms with Gasteiger partial charge in [-0.1, -0.05) is 6.92 Å². The molecule has 0 saturated heterocycles. The summed E-state index contributed by atoms with van der Waals surface area (Å²) < 4.78 is 5.59. The Morgan fingerprint density at radius 2 is 1.53 bits per heavy atom. The van der Waals surface area contributed by atoms with E-state index in [9.17, 15) is 24.6 Å². The fourth-order valence-electron chi connectivity index (χ4n) is 3.29. The van der Waals surface area contributed by atoms with Gasteiger partial charge in [0.2, 0.25) is 0 Å². The summed E-state index contributed by atoms with van der Waals surface area (Å²) in [6.07, 6.45) is 0. The van der Waals surface area contributed by atoms with Crippen molar-refractivity contribution in [3.63, 3.8) is 0 Å². The first-order chi connectivity index (χ1) is 14.3. The minimum absolute atomic E-state index is 0.0949. The Morgan fingerprint density at radius 1 is 0.967 bits per heavy atom. The number of fused-ring (bicyclic) bond motifs is 2. The highest BCUT2D eigenvalue weighted by Gasteiger charge is 2.20. The molecule has 1 aliphatic heterocycles. The van der Waals surface area contributed by atoms with E-state index in [2.05, 4.69) is 9.88 Å². The molecule has 30 heavy (non-hydrogen) atoms. The molecule has 166 valence electrons. The standard InChI is InChI=1S/C20H30N4O6/c1-3-22-6-8-23(12-19(26)27)10-16-4-5-18(30-14-15(2)25)17(21-16)11-24(9-7-22)13-20(28)29/h4-5H,3,6-14H2,1-2H3,(H,26,27)(H,28,29). The highest BCUT2D eigenvalue weighted by atomic mass is 16.5. The molecule has 0 unspecified atom stereocenters. The number of likely N-dealkylation sites (N-methyl/N-ethyl adjacent to an activating group) is 1. The van der Waals surface area contributed by atoms with Gasteiger partial charge in [-0.25, -0.2) is 0 Å². The molecule has 0 saturated carbocycles. The summed E-state index contributed by atoms with van der Waals surface area (Å²) in [5.74, 6) is -1.54. The van der Waals surface area contributed by atoms with Gasteiger partial charge in [-0.2, -0.15) is 0 Å². The molecule has 2 heterocycles. The SMILES string of the molecule is CCN1CCN(CC(=O)O)Cc2ccc(OCC(C)=O)c(n2)CN(CC(=O)O)CC1. The number of pyridine rings is 1. The quantitative estimate of drug-likeness (QED) is 0.599. The number of rotatable bonds is 8. The van der Waals surface area contributed by atoms with Crippen molar-refractivity contribution in [1.82, 2.24) is 19.7 Å². The van der Waals surface area contributed by atoms with E-state index in [4.69, 9.17) is 4.74 Å². The second kappa shape index (κ2) is 11.6. The zero-order chi connectivity index (χ0) is 22.1. The number of Topliss-reactive ketones (excluding diaryl/α,β-unsaturated/α-hetero) is 1. The summed E-state index contributed by atoms with van der Waals surface area (Å²) in [6, 6.07) is 3.46. The Hall–Kier alpha value is -2.56. The Balaban J connectivity index is 2.36. The van der Waals surface area contributed by atoms with E-state index in [0.29, 0.717) is 49.9 Å². The molecule has 0 aliphatic carbocycles. The Labute approximate surface area is 176 Å². The molecule has 2 rings (SSSR count). The third-order valence-corrected chi connectivity index (χ3v) is 4.81. The number of hydrogen-bond donors (Lipinski definition) is 2. The number of carbonyl (C=O) groups is 3. The number of aliphatic carboxylic acids is 2. The van der Waals surface area contributed by atoms with Gasteiger partial charge in [-0.3, -0.25) is 29.2 Å². The van der Waals surface area contributed by atoms with Crippen LogP contribution in [0.3, 0.4) is 0 Å². The molecule has 1 aliphatic rings. The van der Waals surface area contributed by atoms with Crippen molar-refractivity contribution in [2.24, 2.45) is 0 Å². The van der Waals surface area contributed by atoms with Gasteiger partial charge < -0.3 is 19.8 Å². The Bertz CT molecular complexity index is 757. The molecule has 1 aromatic heterocycles. The highest BCUT2D eigenvalue weighted by Crippen LogP contribution is 2.20. The van der Waals surface area contributed by atoms with Crippen LogP contribution in [0.15, 0.2) is 12.1 Å². The van der Waals surface area contributed by atoms with Crippen molar-refractivity contribution in [3.05, 3.63) is 23.5 Å². The topological polar surface area (TPSA) is 124 Å². The maximum absolute atomic E-state index is 11.3. The molecule has 2 bridgehead atoms. The molecular formula is C20H30N4O6. The van der Waals surface area contributed by atoms with Crippen LogP contribution in [0.5, 0.6) is 5.75 Å². The van der Waals surface area contributed by atoms with E-state index in [0.717, 1.165) is 6.54 Å². The molecule has 2 N–H and O–H groups in total. The number of carboxylic acid groups (broad SMARTS) is 2. The zero-order valence-corrected chi connectivity index (χ0v) is 17.5. The lowest BCUT2D eigenvalue weighted by Gasteiger charge is -2.30. The van der Waals surface area contributed by atoms with Gasteiger partial charge in [0.25, 0.3) is 0 Å². The van der Waals surface area contributed by atoms with E-state index < -0.39 is 11.9 Å². The lowest BCUT2D eigenvalue weighted by Crippen LogP contribution is -2.42. The van der Waals surface area contributed by atoms with Crippen LogP contribution < -0.4 is 4.74 Å². The molecular weight excluding hydrogens is 392 g/mol. The maximum Gasteiger partial charge on any atom is 0.317 e. The average molecular weight is 422 g/mol. The van der Waals surface area contributed by atoms with Crippen LogP contribution in [0.25, 0.3) is 0 Å². The third-order valence-electron chi connectivity index (χ3n) is 4.81. The first kappa shape index (κ1) is 23.7. The molecule has 0 spiro atoms. The van der Waals surface area contributed by atoms with Crippen LogP contribution >= 0.6 is 0 Å². The molecule has 0 aromatic carbocycles. The van der Waals surface area contributed by atoms with E-state index in [-0.39, 0.29) is 32.0 Å². The summed E-state index contributed by atoms with van der Waals surface area (Å²) in [7, 11) is 0. The van der Waals surface area contributed by atoms with Crippen molar-refractivity contribution in [2.75, 3.05) is 52.4 Å². The molecule has 0 fully saturated rings. The second-order valence-corrected chi connectivity index (χ2v) is 7.38. The highest BCUT2D eigenvalue weighted by molar-refractivity contribution is 5.77. The average Bonchev–Trinajstić information content (AvgIpc) is 2.65. The predicted molar refractivity (Wildman–Crippen MR) is 108 cm³/mol. The van der Waals surface area contributed by atoms with Crippen LogP contribution in [0.2, 0.25) is 0 Å². The van der Waals surface area contributed by atoms with Gasteiger partial charge in [0.05, 0.1) is 24.5 Å². The van der Waals surface area contributed by atoms with Gasteiger partial charge in [0, 0.05) is 39.3 Å². The van der Waals surface area contributed by atoms with Gasteiger partial charge >= 0.3 is 11.9 Å². The van der Waals surface area contributed by atoms with Crippen LogP contribution in [-0.2, 0) is 27.5 Å². The first-order valence-corrected chi connectivity index (χ1v) is 9.98. The number of carboxylic acids is 2. The van der Waals surface area contributed by atoms with Gasteiger partial charge in [0.1, 0.15) is 12.4 Å². The molecule has 0 amide bonds. The second-order valence-electron chi connectivity index (χ2n) is 7.38. The summed E-state index contributed by atoms with van der Waals surface area (Å²) in [5.41, 5.74) is 1.20. The fraction of sp³-hybridized carbons (Fsp3) is 0.600. The van der Waals surface area contributed by atoms with Gasteiger partial charge in [-0.05, 0) is 25.6 Å². The molecule has 10 heteroatoms. The van der Waals surface area contributed by atoms with E-state index in [1.54, 1.807) is 17.0 Å². The van der Waals surface area contributed by atoms with Crippen LogP contribution in [-0.4, -0.2) is 100 Å². The number of hydrogen-bond acceptors (Lipinski definition) is 8. The number of ketones is 1. The number of nitrogens with zero attached hydrogens (tertiary/aromatic N) is 4. The monoisotopic (exact) mass is 422 g/mol. The zero-order valence-electron chi connectivity index (χ0n) is 17.5. The van der Waals surface area contributed by atoms with Crippen LogP contribution in [0.1, 0.15) is 25.2 Å². The van der Waals surface area contributed by atoms with Gasteiger partial charge in [-0.15, -0.1) is 0 Å². The summed E-state index contributed by atoms with van der Waals surface area (Å²) in [4.78, 5) is 44.4. The largest absolute Gasteiger partial charge is 0.484 e. The molecule has 1 aromatic rings. The fourth-order valence-corrected chi connectivity index (χ4v) is 3.29. The Morgan fingerprint density at radius 3 is 2.07 bits per heavy atom. The van der Waals surface area contributed by atoms with E-state index >= 15 is 0 Å². The van der Waals surface area contributed by atoms with Gasteiger partial charge in [0.15, 0.2) is 5.78 Å². The number of aromatic nitrogens is 1. The first-order valence-electron chi connectivity index (χ1n) is 9.98. The number of ether oxygens (including phenoxy) is 1. The maximum atomic E-state index is 11.3. The summed E-state index contributed by atoms with van der Waals surface area (Å²) in [5, 5.41) is 18.6. The van der Waals surface area contributed by atoms with Crippen molar-refractivity contribution in [2.45, 2.75) is 26.9 Å². The lowest BCUT2D eigenvalue weighted by molar-refractivity contribution is -0.139. The van der Waals surface area contributed by atoms with Crippen molar-refractivity contribution >= 4 is 17.7 Å². The van der Waals surface area contributed by atoms with Crippen LogP contribution in [0.4, 0.5) is 0 Å². The molecule has 0 radical (unpaired) electrons. The minimum atomic E-state index is -0.930. The summed E-state index contributed by atoms with van der Waals surface area (Å²) >= 11 is 0. The molecule has 0 atom stereocenters. The normalized spacial score (nSPS) is 17.0. The lowest BCUT2D eigenvalue weighted by atomic mass is 10.2.